The number of aliphatic carboxylic acids is 1. The Hall–Kier alpha value is -3.72. The minimum Gasteiger partial charge on any atom is -0.492 e. The summed E-state index contributed by atoms with van der Waals surface area (Å²) in [5, 5.41) is 10.8. The number of sulfone groups is 1. The van der Waals surface area contributed by atoms with Gasteiger partial charge < -0.3 is 19.3 Å². The lowest BCUT2D eigenvalue weighted by molar-refractivity contribution is -0.137. The lowest BCUT2D eigenvalue weighted by Gasteiger charge is -2.22. The summed E-state index contributed by atoms with van der Waals surface area (Å²) in [6, 6.07) is 13.3. The predicted molar refractivity (Wildman–Crippen MR) is 175 cm³/mol. The van der Waals surface area contributed by atoms with Crippen molar-refractivity contribution in [1.82, 2.24) is 0 Å². The van der Waals surface area contributed by atoms with E-state index in [1.165, 1.54) is 0 Å². The van der Waals surface area contributed by atoms with Gasteiger partial charge in [0.05, 0.1) is 35.4 Å². The van der Waals surface area contributed by atoms with Gasteiger partial charge in [-0.15, -0.1) is 13.2 Å². The maximum atomic E-state index is 11.8. The van der Waals surface area contributed by atoms with Gasteiger partial charge in [0, 0.05) is 23.0 Å². The summed E-state index contributed by atoms with van der Waals surface area (Å²) in [6.45, 7) is 11.9. The fourth-order valence-electron chi connectivity index (χ4n) is 5.15. The molecule has 3 aromatic rings. The van der Waals surface area contributed by atoms with Crippen LogP contribution in [0.5, 0.6) is 17.2 Å². The average Bonchev–Trinajstić information content (AvgIpc) is 3.39. The van der Waals surface area contributed by atoms with Crippen LogP contribution >= 0.6 is 23.2 Å². The molecule has 0 amide bonds. The van der Waals surface area contributed by atoms with Crippen LogP contribution in [0.2, 0.25) is 10.0 Å². The van der Waals surface area contributed by atoms with Gasteiger partial charge in [-0.25, -0.2) is 8.42 Å². The molecule has 0 bridgehead atoms. The first-order chi connectivity index (χ1) is 21.1. The van der Waals surface area contributed by atoms with Gasteiger partial charge in [-0.05, 0) is 59.2 Å². The van der Waals surface area contributed by atoms with Crippen molar-refractivity contribution in [3.63, 3.8) is 0 Å². The molecule has 1 heterocycles. The highest BCUT2D eigenvalue weighted by Gasteiger charge is 2.27. The lowest BCUT2D eigenvalue weighted by Crippen LogP contribution is -2.09. The predicted octanol–water partition coefficient (Wildman–Crippen LogP) is 7.97. The van der Waals surface area contributed by atoms with Crippen molar-refractivity contribution in [2.45, 2.75) is 38.2 Å². The van der Waals surface area contributed by atoms with Crippen LogP contribution in [0.15, 0.2) is 79.8 Å². The van der Waals surface area contributed by atoms with Gasteiger partial charge in [0.25, 0.3) is 0 Å². The fourth-order valence-corrected chi connectivity index (χ4v) is 6.52. The maximum Gasteiger partial charge on any atom is 0.304 e. The van der Waals surface area contributed by atoms with Crippen molar-refractivity contribution in [1.29, 1.82) is 0 Å². The van der Waals surface area contributed by atoms with E-state index in [0.29, 0.717) is 46.7 Å². The van der Waals surface area contributed by atoms with Gasteiger partial charge in [0.2, 0.25) is 0 Å². The van der Waals surface area contributed by atoms with E-state index < -0.39 is 15.8 Å². The Morgan fingerprint density at radius 1 is 1.02 bits per heavy atom. The number of benzene rings is 3. The first-order valence-corrected chi connectivity index (χ1v) is 16.5. The highest BCUT2D eigenvalue weighted by Crippen LogP contribution is 2.46. The molecule has 3 aromatic carbocycles. The van der Waals surface area contributed by atoms with Crippen molar-refractivity contribution in [2.75, 3.05) is 19.0 Å². The summed E-state index contributed by atoms with van der Waals surface area (Å²) in [5.74, 6) is 0.414. The smallest absolute Gasteiger partial charge is 0.304 e. The van der Waals surface area contributed by atoms with E-state index in [1.54, 1.807) is 18.2 Å². The largest absolute Gasteiger partial charge is 0.492 e. The molecule has 0 unspecified atom stereocenters. The zero-order chi connectivity index (χ0) is 31.9. The van der Waals surface area contributed by atoms with Crippen LogP contribution in [-0.4, -0.2) is 38.5 Å². The van der Waals surface area contributed by atoms with E-state index in [2.05, 4.69) is 19.7 Å². The molecule has 4 rings (SSSR count). The highest BCUT2D eigenvalue weighted by atomic mass is 35.5. The van der Waals surface area contributed by atoms with Gasteiger partial charge in [-0.2, -0.15) is 0 Å². The molecule has 1 N–H and O–H groups in total. The van der Waals surface area contributed by atoms with Crippen LogP contribution in [0, 0.1) is 0 Å². The van der Waals surface area contributed by atoms with Crippen LogP contribution < -0.4 is 14.2 Å². The van der Waals surface area contributed by atoms with E-state index >= 15 is 0 Å². The van der Waals surface area contributed by atoms with Gasteiger partial charge >= 0.3 is 5.97 Å². The molecule has 1 atom stereocenters. The van der Waals surface area contributed by atoms with E-state index in [0.717, 1.165) is 38.8 Å². The number of carboxylic acids is 1. The number of rotatable bonds is 16. The maximum absolute atomic E-state index is 11.8. The molecule has 7 nitrogen and oxygen atoms in total. The van der Waals surface area contributed by atoms with Crippen molar-refractivity contribution >= 4 is 39.0 Å². The van der Waals surface area contributed by atoms with Crippen molar-refractivity contribution in [3.8, 4) is 28.4 Å². The number of carboxylic acid groups (broad SMARTS) is 1. The highest BCUT2D eigenvalue weighted by molar-refractivity contribution is 7.94. The van der Waals surface area contributed by atoms with E-state index in [9.17, 15) is 13.2 Å². The van der Waals surface area contributed by atoms with Crippen LogP contribution in [0.4, 0.5) is 0 Å². The van der Waals surface area contributed by atoms with E-state index in [1.807, 2.05) is 36.4 Å². The fraction of sp³-hybridized carbons (Fsp3) is 0.265. The third-order valence-electron chi connectivity index (χ3n) is 7.21. The van der Waals surface area contributed by atoms with Crippen LogP contribution in [-0.2, 0) is 34.1 Å². The SMILES string of the molecule is C=CCc1c(Cl)c(OCCCS(=O)(=O)C=C)c(Cl)c(CC=C)c1-c1cccc(COc2ccc3c(c2)OC[C@H]3CC(=O)O)c1. The Morgan fingerprint density at radius 3 is 2.36 bits per heavy atom. The summed E-state index contributed by atoms with van der Waals surface area (Å²) < 4.78 is 41.3. The Labute approximate surface area is 268 Å². The second-order valence-corrected chi connectivity index (χ2v) is 13.1. The second-order valence-electron chi connectivity index (χ2n) is 10.3. The Morgan fingerprint density at radius 2 is 1.73 bits per heavy atom. The Balaban J connectivity index is 1.61. The molecular formula is C34H34Cl2O7S. The number of hydrogen-bond acceptors (Lipinski definition) is 6. The summed E-state index contributed by atoms with van der Waals surface area (Å²) >= 11 is 13.8. The molecule has 0 saturated heterocycles. The minimum absolute atomic E-state index is 0.0167. The van der Waals surface area contributed by atoms with Crippen molar-refractivity contribution < 1.29 is 32.5 Å². The molecule has 0 saturated carbocycles. The molecule has 0 fully saturated rings. The Bertz CT molecular complexity index is 1640. The van der Waals surface area contributed by atoms with Gasteiger partial charge in [0.15, 0.2) is 15.6 Å². The zero-order valence-electron chi connectivity index (χ0n) is 24.2. The summed E-state index contributed by atoms with van der Waals surface area (Å²) in [6.07, 6.45) is 4.65. The topological polar surface area (TPSA) is 99.1 Å². The molecule has 0 radical (unpaired) electrons. The molecule has 44 heavy (non-hydrogen) atoms. The number of carbonyl (C=O) groups is 1. The number of hydrogen-bond donors (Lipinski definition) is 1. The van der Waals surface area contributed by atoms with Crippen molar-refractivity contribution in [2.24, 2.45) is 0 Å². The number of ether oxygens (including phenoxy) is 3. The van der Waals surface area contributed by atoms with Gasteiger partial charge in [0.1, 0.15) is 18.1 Å². The average molecular weight is 658 g/mol. The van der Waals surface area contributed by atoms with Crippen LogP contribution in [0.1, 0.15) is 41.0 Å². The normalized spacial score (nSPS) is 13.9. The molecular weight excluding hydrogens is 623 g/mol. The van der Waals surface area contributed by atoms with Crippen LogP contribution in [0.25, 0.3) is 11.1 Å². The van der Waals surface area contributed by atoms with E-state index in [4.69, 9.17) is 42.5 Å². The standard InChI is InChI=1S/C34H34Cl2O7S/c1-4-9-27-31(28(10-5-2)33(36)34(32(27)35)41-15-8-16-44(39,40)6-3)23-12-7-11-22(17-23)20-42-25-13-14-26-24(18-30(37)38)21-43-29(26)19-25/h4-7,11-14,17,19,24H,1-3,8-10,15-16,18,20-21H2,(H,37,38)/t24-/m1/s1. The zero-order valence-corrected chi connectivity index (χ0v) is 26.5. The summed E-state index contributed by atoms with van der Waals surface area (Å²) in [7, 11) is -3.35. The summed E-state index contributed by atoms with van der Waals surface area (Å²) in [5.41, 5.74) is 5.05. The molecule has 232 valence electrons. The number of allylic oxidation sites excluding steroid dienone is 2. The summed E-state index contributed by atoms with van der Waals surface area (Å²) in [4.78, 5) is 11.2. The quantitative estimate of drug-likeness (QED) is 0.123. The minimum atomic E-state index is -3.35. The number of fused-ring (bicyclic) bond motifs is 1. The van der Waals surface area contributed by atoms with Crippen LogP contribution in [0.3, 0.4) is 0 Å². The van der Waals surface area contributed by atoms with Crippen molar-refractivity contribution in [3.05, 3.63) is 112 Å². The molecule has 0 aliphatic carbocycles. The second kappa shape index (κ2) is 14.8. The van der Waals surface area contributed by atoms with Gasteiger partial charge in [-0.1, -0.05) is 66.2 Å². The third-order valence-corrected chi connectivity index (χ3v) is 9.37. The molecule has 10 heteroatoms. The number of halogens is 2. The van der Waals surface area contributed by atoms with E-state index in [-0.39, 0.29) is 37.7 Å². The molecule has 0 aromatic heterocycles. The molecule has 1 aliphatic rings. The lowest BCUT2D eigenvalue weighted by atomic mass is 9.89. The molecule has 0 spiro atoms. The molecule has 1 aliphatic heterocycles. The first-order valence-electron chi connectivity index (χ1n) is 14.0. The first kappa shape index (κ1) is 33.2. The van der Waals surface area contributed by atoms with Gasteiger partial charge in [-0.3, -0.25) is 4.79 Å². The third kappa shape index (κ3) is 7.86. The Kier molecular flexibility index (Phi) is 11.2. The monoisotopic (exact) mass is 656 g/mol.